The Morgan fingerprint density at radius 2 is 1.03 bits per heavy atom. The molecule has 0 bridgehead atoms. The number of hydrogen-bond acceptors (Lipinski definition) is 5. The molecule has 0 fully saturated rings. The number of esters is 2. The maximum Gasteiger partial charge on any atom is 0.345 e. The van der Waals surface area contributed by atoms with Gasteiger partial charge in [-0.25, -0.2) is 9.59 Å². The topological polar surface area (TPSA) is 69.7 Å². The van der Waals surface area contributed by atoms with Crippen molar-refractivity contribution >= 4 is 29.6 Å². The Balaban J connectivity index is 2.99. The maximum atomic E-state index is 14.5. The first-order chi connectivity index (χ1) is 14.7. The zero-order chi connectivity index (χ0) is 23.2. The Kier molecular flexibility index (Phi) is 8.41. The molecular weight excluding hydrogens is 411 g/mol. The van der Waals surface area contributed by atoms with Crippen molar-refractivity contribution in [3.8, 4) is 0 Å². The second-order valence-electron chi connectivity index (χ2n) is 7.89. The van der Waals surface area contributed by atoms with E-state index in [4.69, 9.17) is 9.47 Å². The van der Waals surface area contributed by atoms with Crippen molar-refractivity contribution in [2.45, 2.75) is 44.9 Å². The third kappa shape index (κ3) is 4.67. The van der Waals surface area contributed by atoms with Gasteiger partial charge in [0.1, 0.15) is 5.29 Å². The van der Waals surface area contributed by atoms with Crippen LogP contribution in [0.25, 0.3) is 0 Å². The van der Waals surface area contributed by atoms with Gasteiger partial charge in [-0.3, -0.25) is 4.79 Å². The van der Waals surface area contributed by atoms with E-state index in [-0.39, 0.29) is 22.1 Å². The van der Waals surface area contributed by atoms with E-state index in [0.29, 0.717) is 0 Å². The van der Waals surface area contributed by atoms with Gasteiger partial charge in [-0.2, -0.15) is 0 Å². The van der Waals surface area contributed by atoms with Crippen LogP contribution < -0.4 is 0 Å². The lowest BCUT2D eigenvalue weighted by Gasteiger charge is -2.37. The van der Waals surface area contributed by atoms with Gasteiger partial charge in [-0.05, 0) is 29.3 Å². The summed E-state index contributed by atoms with van der Waals surface area (Å²) in [7, 11) is 2.44. The third-order valence-corrected chi connectivity index (χ3v) is 11.0. The summed E-state index contributed by atoms with van der Waals surface area (Å²) in [5.41, 5.74) is 0.990. The molecule has 0 N–H and O–H groups in total. The van der Waals surface area contributed by atoms with Crippen molar-refractivity contribution in [2.75, 3.05) is 14.2 Å². The highest BCUT2D eigenvalue weighted by atomic mass is 31.2. The van der Waals surface area contributed by atoms with Crippen LogP contribution >= 0.6 is 6.89 Å². The predicted molar refractivity (Wildman–Crippen MR) is 126 cm³/mol. The van der Waals surface area contributed by atoms with Crippen molar-refractivity contribution in [2.24, 2.45) is 0 Å². The van der Waals surface area contributed by atoms with Crippen molar-refractivity contribution in [3.05, 3.63) is 71.8 Å². The fourth-order valence-corrected chi connectivity index (χ4v) is 9.27. The number of benzene rings is 2. The molecule has 0 saturated carbocycles. The average molecular weight is 442 g/mol. The number of methoxy groups -OCH3 is 2. The SMILES string of the molecule is COC(=O)C(C(=O)OC)=P(C(=O)C(c1ccccc1)c1ccccc1)(C(C)C)C(C)C. The molecule has 6 heteroatoms. The highest BCUT2D eigenvalue weighted by molar-refractivity contribution is 7.94. The predicted octanol–water partition coefficient (Wildman–Crippen LogP) is 4.70. The van der Waals surface area contributed by atoms with Gasteiger partial charge in [-0.1, -0.05) is 88.4 Å². The largest absolute Gasteiger partial charge is 0.465 e. The van der Waals surface area contributed by atoms with Crippen molar-refractivity contribution < 1.29 is 23.9 Å². The molecule has 0 aliphatic carbocycles. The molecule has 2 aromatic rings. The van der Waals surface area contributed by atoms with Gasteiger partial charge < -0.3 is 9.47 Å². The van der Waals surface area contributed by atoms with E-state index in [2.05, 4.69) is 0 Å². The summed E-state index contributed by atoms with van der Waals surface area (Å²) in [4.78, 5) is 40.3. The number of ether oxygens (including phenoxy) is 2. The Hall–Kier alpha value is -2.65. The van der Waals surface area contributed by atoms with Gasteiger partial charge in [0, 0.05) is 0 Å². The molecule has 0 heterocycles. The second kappa shape index (κ2) is 10.6. The fraction of sp³-hybridized carbons (Fsp3) is 0.360. The van der Waals surface area contributed by atoms with E-state index in [1.807, 2.05) is 88.4 Å². The van der Waals surface area contributed by atoms with Crippen LogP contribution in [0.5, 0.6) is 0 Å². The van der Waals surface area contributed by atoms with Crippen molar-refractivity contribution in [3.63, 3.8) is 0 Å². The molecule has 166 valence electrons. The molecule has 0 amide bonds. The summed E-state index contributed by atoms with van der Waals surface area (Å²) in [5, 5.41) is -0.149. The van der Waals surface area contributed by atoms with Crippen LogP contribution in [0.15, 0.2) is 60.7 Å². The smallest absolute Gasteiger partial charge is 0.345 e. The maximum absolute atomic E-state index is 14.5. The molecule has 0 aliphatic heterocycles. The lowest BCUT2D eigenvalue weighted by molar-refractivity contribution is -0.137. The minimum Gasteiger partial charge on any atom is -0.465 e. The summed E-state index contributed by atoms with van der Waals surface area (Å²) in [6.45, 7) is 4.53. The molecule has 2 rings (SSSR count). The average Bonchev–Trinajstić information content (AvgIpc) is 2.77. The van der Waals surface area contributed by atoms with Gasteiger partial charge in [0.25, 0.3) is 0 Å². The Bertz CT molecular complexity index is 908. The molecule has 0 spiro atoms. The van der Waals surface area contributed by atoms with E-state index >= 15 is 0 Å². The third-order valence-electron chi connectivity index (χ3n) is 5.63. The van der Waals surface area contributed by atoms with E-state index in [1.54, 1.807) is 0 Å². The van der Waals surface area contributed by atoms with Crippen LogP contribution in [0.1, 0.15) is 44.7 Å². The lowest BCUT2D eigenvalue weighted by atomic mass is 9.92. The highest BCUT2D eigenvalue weighted by Crippen LogP contribution is 2.62. The van der Waals surface area contributed by atoms with Crippen LogP contribution in [0.2, 0.25) is 0 Å². The Labute approximate surface area is 184 Å². The molecule has 0 radical (unpaired) electrons. The number of carbonyl (C=O) groups is 3. The van der Waals surface area contributed by atoms with Crippen LogP contribution in [0.4, 0.5) is 0 Å². The molecule has 31 heavy (non-hydrogen) atoms. The fourth-order valence-electron chi connectivity index (χ4n) is 4.29. The van der Waals surface area contributed by atoms with Crippen LogP contribution in [-0.4, -0.2) is 48.3 Å². The summed E-state index contributed by atoms with van der Waals surface area (Å²) < 4.78 is 9.96. The van der Waals surface area contributed by atoms with Crippen molar-refractivity contribution in [1.82, 2.24) is 0 Å². The molecule has 0 aromatic heterocycles. The second-order valence-corrected chi connectivity index (χ2v) is 12.4. The summed E-state index contributed by atoms with van der Waals surface area (Å²) in [6.07, 6.45) is 0. The van der Waals surface area contributed by atoms with E-state index in [1.165, 1.54) is 14.2 Å². The minimum atomic E-state index is -3.04. The first kappa shape index (κ1) is 24.6. The van der Waals surface area contributed by atoms with Crippen LogP contribution in [-0.2, 0) is 23.9 Å². The summed E-state index contributed by atoms with van der Waals surface area (Å²) >= 11 is 0. The van der Waals surface area contributed by atoms with Crippen LogP contribution in [0.3, 0.4) is 0 Å². The van der Waals surface area contributed by atoms with Gasteiger partial charge >= 0.3 is 11.9 Å². The number of hydrogen-bond donors (Lipinski definition) is 0. The van der Waals surface area contributed by atoms with Gasteiger partial charge in [0.15, 0.2) is 5.52 Å². The highest BCUT2D eigenvalue weighted by Gasteiger charge is 2.46. The molecule has 0 saturated heterocycles. The molecular formula is C25H31O5P. The zero-order valence-corrected chi connectivity index (χ0v) is 19.9. The molecule has 0 aliphatic rings. The Morgan fingerprint density at radius 3 is 1.32 bits per heavy atom. The zero-order valence-electron chi connectivity index (χ0n) is 19.0. The summed E-state index contributed by atoms with van der Waals surface area (Å²) in [6, 6.07) is 18.9. The lowest BCUT2D eigenvalue weighted by Crippen LogP contribution is -2.36. The first-order valence-electron chi connectivity index (χ1n) is 10.3. The van der Waals surface area contributed by atoms with Crippen molar-refractivity contribution in [1.29, 1.82) is 0 Å². The standard InChI is InChI=1S/C25H31O5P/c1-17(2)31(18(3)4,22(23(26)29-5)24(27)30-6)25(28)21(19-13-9-7-10-14-19)20-15-11-8-12-16-20/h7-18,21H,1-6H3. The van der Waals surface area contributed by atoms with E-state index < -0.39 is 24.7 Å². The minimum absolute atomic E-state index is 0.124. The van der Waals surface area contributed by atoms with E-state index in [9.17, 15) is 14.4 Å². The first-order valence-corrected chi connectivity index (χ1v) is 12.2. The summed E-state index contributed by atoms with van der Waals surface area (Å²) in [5.74, 6) is -2.21. The van der Waals surface area contributed by atoms with Gasteiger partial charge in [-0.15, -0.1) is 0 Å². The Morgan fingerprint density at radius 1 is 0.677 bits per heavy atom. The van der Waals surface area contributed by atoms with Gasteiger partial charge in [0.05, 0.1) is 20.1 Å². The van der Waals surface area contributed by atoms with Crippen LogP contribution in [0, 0.1) is 0 Å². The quantitative estimate of drug-likeness (QED) is 0.337. The number of carbonyl (C=O) groups excluding carboxylic acids is 3. The van der Waals surface area contributed by atoms with E-state index in [0.717, 1.165) is 11.1 Å². The normalized spacial score (nSPS) is 11.5. The monoisotopic (exact) mass is 442 g/mol. The molecule has 0 unspecified atom stereocenters. The molecule has 2 aromatic carbocycles. The molecule has 5 nitrogen and oxygen atoms in total. The number of rotatable bonds is 8. The van der Waals surface area contributed by atoms with Gasteiger partial charge in [0.2, 0.25) is 0 Å². The molecule has 0 atom stereocenters.